The molecule has 0 radical (unpaired) electrons. The monoisotopic (exact) mass is 311 g/mol. The van der Waals surface area contributed by atoms with Crippen molar-refractivity contribution in [3.63, 3.8) is 0 Å². The van der Waals surface area contributed by atoms with Crippen LogP contribution in [0.2, 0.25) is 0 Å². The normalized spacial score (nSPS) is 20.8. The summed E-state index contributed by atoms with van der Waals surface area (Å²) in [5.41, 5.74) is 5.05. The molecule has 2 amide bonds. The summed E-state index contributed by atoms with van der Waals surface area (Å²) in [7, 11) is 0. The Hall–Kier alpha value is -1.30. The number of carbonyl (C=O) groups is 2. The molecule has 2 fully saturated rings. The van der Waals surface area contributed by atoms with E-state index in [4.69, 9.17) is 10.5 Å². The standard InChI is InChI=1S/C16H29N3O3/c1-3-13(4-2)11-19-12-16(22-15(19)21)6-9-18(10-7-16)14(20)5-8-17/h13H,3-12,17H2,1-2H3. The molecule has 0 atom stereocenters. The van der Waals surface area contributed by atoms with Crippen LogP contribution in [0.3, 0.4) is 0 Å². The van der Waals surface area contributed by atoms with Crippen molar-refractivity contribution in [3.05, 3.63) is 0 Å². The summed E-state index contributed by atoms with van der Waals surface area (Å²) in [4.78, 5) is 27.7. The lowest BCUT2D eigenvalue weighted by atomic mass is 9.91. The van der Waals surface area contributed by atoms with Crippen LogP contribution < -0.4 is 5.73 Å². The van der Waals surface area contributed by atoms with E-state index in [-0.39, 0.29) is 17.6 Å². The predicted molar refractivity (Wildman–Crippen MR) is 84.3 cm³/mol. The van der Waals surface area contributed by atoms with Crippen molar-refractivity contribution in [1.82, 2.24) is 9.80 Å². The van der Waals surface area contributed by atoms with Crippen LogP contribution in [0.1, 0.15) is 46.0 Å². The molecule has 0 bridgehead atoms. The number of carbonyl (C=O) groups excluding carboxylic acids is 2. The summed E-state index contributed by atoms with van der Waals surface area (Å²) in [5, 5.41) is 0. The maximum absolute atomic E-state index is 12.1. The van der Waals surface area contributed by atoms with Crippen molar-refractivity contribution in [2.24, 2.45) is 11.7 Å². The van der Waals surface area contributed by atoms with Crippen LogP contribution in [0.4, 0.5) is 4.79 Å². The zero-order valence-electron chi connectivity index (χ0n) is 13.8. The Morgan fingerprint density at radius 1 is 1.32 bits per heavy atom. The largest absolute Gasteiger partial charge is 0.441 e. The van der Waals surface area contributed by atoms with Crippen molar-refractivity contribution in [1.29, 1.82) is 0 Å². The molecule has 2 aliphatic heterocycles. The average molecular weight is 311 g/mol. The molecule has 0 aliphatic carbocycles. The van der Waals surface area contributed by atoms with Crippen LogP contribution in [0.15, 0.2) is 0 Å². The SMILES string of the molecule is CCC(CC)CN1CC2(CCN(C(=O)CCN)CC2)OC1=O. The summed E-state index contributed by atoms with van der Waals surface area (Å²) < 4.78 is 5.70. The fourth-order valence-corrected chi connectivity index (χ4v) is 3.40. The molecular formula is C16H29N3O3. The molecule has 0 unspecified atom stereocenters. The van der Waals surface area contributed by atoms with Crippen LogP contribution >= 0.6 is 0 Å². The molecule has 0 aromatic carbocycles. The maximum atomic E-state index is 12.1. The highest BCUT2D eigenvalue weighted by atomic mass is 16.6. The zero-order chi connectivity index (χ0) is 16.2. The zero-order valence-corrected chi connectivity index (χ0v) is 13.8. The minimum Gasteiger partial charge on any atom is -0.441 e. The van der Waals surface area contributed by atoms with Crippen LogP contribution in [0.5, 0.6) is 0 Å². The quantitative estimate of drug-likeness (QED) is 0.808. The molecule has 1 spiro atoms. The van der Waals surface area contributed by atoms with E-state index in [1.165, 1.54) is 0 Å². The summed E-state index contributed by atoms with van der Waals surface area (Å²) in [6.07, 6.45) is 3.83. The first-order valence-electron chi connectivity index (χ1n) is 8.49. The molecule has 126 valence electrons. The van der Waals surface area contributed by atoms with Gasteiger partial charge in [-0.05, 0) is 5.92 Å². The Morgan fingerprint density at radius 2 is 1.95 bits per heavy atom. The summed E-state index contributed by atoms with van der Waals surface area (Å²) in [6, 6.07) is 0. The van der Waals surface area contributed by atoms with E-state index >= 15 is 0 Å². The number of nitrogens with two attached hydrogens (primary N) is 1. The third-order valence-electron chi connectivity index (χ3n) is 5.06. The fraction of sp³-hybridized carbons (Fsp3) is 0.875. The highest BCUT2D eigenvalue weighted by Gasteiger charge is 2.47. The first-order chi connectivity index (χ1) is 10.5. The number of hydrogen-bond donors (Lipinski definition) is 1. The van der Waals surface area contributed by atoms with Crippen LogP contribution in [0.25, 0.3) is 0 Å². The van der Waals surface area contributed by atoms with Gasteiger partial charge in [-0.2, -0.15) is 0 Å². The van der Waals surface area contributed by atoms with Crippen molar-refractivity contribution < 1.29 is 14.3 Å². The Balaban J connectivity index is 1.89. The van der Waals surface area contributed by atoms with Gasteiger partial charge in [-0.15, -0.1) is 0 Å². The van der Waals surface area contributed by atoms with Crippen molar-refractivity contribution in [2.75, 3.05) is 32.7 Å². The van der Waals surface area contributed by atoms with Gasteiger partial charge in [0.05, 0.1) is 6.54 Å². The van der Waals surface area contributed by atoms with E-state index < -0.39 is 0 Å². The van der Waals surface area contributed by atoms with Gasteiger partial charge in [-0.25, -0.2) is 4.79 Å². The van der Waals surface area contributed by atoms with Gasteiger partial charge in [0, 0.05) is 45.4 Å². The van der Waals surface area contributed by atoms with Gasteiger partial charge in [0.15, 0.2) is 0 Å². The molecule has 0 aromatic rings. The molecule has 0 saturated carbocycles. The van der Waals surface area contributed by atoms with Gasteiger partial charge in [0.25, 0.3) is 0 Å². The highest BCUT2D eigenvalue weighted by molar-refractivity contribution is 5.76. The molecule has 22 heavy (non-hydrogen) atoms. The molecule has 6 nitrogen and oxygen atoms in total. The van der Waals surface area contributed by atoms with Gasteiger partial charge in [-0.3, -0.25) is 4.79 Å². The second kappa shape index (κ2) is 7.31. The summed E-state index contributed by atoms with van der Waals surface area (Å²) >= 11 is 0. The van der Waals surface area contributed by atoms with E-state index in [1.54, 1.807) is 0 Å². The van der Waals surface area contributed by atoms with Crippen molar-refractivity contribution in [3.8, 4) is 0 Å². The molecular weight excluding hydrogens is 282 g/mol. The van der Waals surface area contributed by atoms with Gasteiger partial charge >= 0.3 is 6.09 Å². The highest BCUT2D eigenvalue weighted by Crippen LogP contribution is 2.34. The minimum atomic E-state index is -0.386. The topological polar surface area (TPSA) is 75.9 Å². The number of rotatable bonds is 6. The molecule has 2 heterocycles. The predicted octanol–water partition coefficient (Wildman–Crippen LogP) is 1.58. The Bertz CT molecular complexity index is 401. The van der Waals surface area contributed by atoms with E-state index in [1.807, 2.05) is 9.80 Å². The van der Waals surface area contributed by atoms with E-state index in [2.05, 4.69) is 13.8 Å². The van der Waals surface area contributed by atoms with Gasteiger partial charge in [0.1, 0.15) is 5.60 Å². The second-order valence-corrected chi connectivity index (χ2v) is 6.53. The maximum Gasteiger partial charge on any atom is 0.410 e. The van der Waals surface area contributed by atoms with E-state index in [9.17, 15) is 9.59 Å². The molecule has 2 rings (SSSR count). The fourth-order valence-electron chi connectivity index (χ4n) is 3.40. The molecule has 2 saturated heterocycles. The van der Waals surface area contributed by atoms with Crippen molar-refractivity contribution >= 4 is 12.0 Å². The number of nitrogens with zero attached hydrogens (tertiary/aromatic N) is 2. The molecule has 2 N–H and O–H groups in total. The Labute approximate surface area is 132 Å². The lowest BCUT2D eigenvalue weighted by molar-refractivity contribution is -0.134. The first-order valence-corrected chi connectivity index (χ1v) is 8.49. The smallest absolute Gasteiger partial charge is 0.410 e. The van der Waals surface area contributed by atoms with Gasteiger partial charge < -0.3 is 20.3 Å². The lowest BCUT2D eigenvalue weighted by Crippen LogP contribution is -2.49. The first kappa shape index (κ1) is 17.1. The number of hydrogen-bond acceptors (Lipinski definition) is 4. The minimum absolute atomic E-state index is 0.107. The third-order valence-corrected chi connectivity index (χ3v) is 5.06. The number of ether oxygens (including phenoxy) is 1. The summed E-state index contributed by atoms with van der Waals surface area (Å²) in [5.74, 6) is 0.643. The van der Waals surface area contributed by atoms with Crippen molar-refractivity contribution in [2.45, 2.75) is 51.6 Å². The second-order valence-electron chi connectivity index (χ2n) is 6.53. The van der Waals surface area contributed by atoms with Gasteiger partial charge in [-0.1, -0.05) is 26.7 Å². The number of piperidine rings is 1. The Morgan fingerprint density at radius 3 is 2.50 bits per heavy atom. The van der Waals surface area contributed by atoms with Crippen LogP contribution in [-0.2, 0) is 9.53 Å². The van der Waals surface area contributed by atoms with E-state index in [0.717, 1.165) is 32.2 Å². The van der Waals surface area contributed by atoms with Crippen LogP contribution in [-0.4, -0.2) is 60.1 Å². The van der Waals surface area contributed by atoms with Gasteiger partial charge in [0.2, 0.25) is 5.91 Å². The number of likely N-dealkylation sites (tertiary alicyclic amines) is 1. The molecule has 2 aliphatic rings. The molecule has 0 aromatic heterocycles. The lowest BCUT2D eigenvalue weighted by Gasteiger charge is -2.37. The molecule has 6 heteroatoms. The third kappa shape index (κ3) is 3.72. The number of amides is 2. The summed E-state index contributed by atoms with van der Waals surface area (Å²) in [6.45, 7) is 7.47. The Kier molecular flexibility index (Phi) is 5.67. The van der Waals surface area contributed by atoms with Crippen LogP contribution in [0, 0.1) is 5.92 Å². The average Bonchev–Trinajstić information content (AvgIpc) is 2.81. The van der Waals surface area contributed by atoms with E-state index in [0.29, 0.717) is 38.5 Å².